The molecule has 2 rings (SSSR count). The van der Waals surface area contributed by atoms with E-state index in [0.29, 0.717) is 0 Å². The Morgan fingerprint density at radius 1 is 1.11 bits per heavy atom. The van der Waals surface area contributed by atoms with Crippen molar-refractivity contribution in [1.82, 2.24) is 0 Å². The van der Waals surface area contributed by atoms with E-state index >= 15 is 0 Å². The van der Waals surface area contributed by atoms with Crippen molar-refractivity contribution in [3.63, 3.8) is 0 Å². The van der Waals surface area contributed by atoms with Crippen LogP contribution in [-0.4, -0.2) is 5.91 Å². The van der Waals surface area contributed by atoms with Crippen LogP contribution in [0.25, 0.3) is 0 Å². The van der Waals surface area contributed by atoms with Gasteiger partial charge in [-0.3, -0.25) is 4.79 Å². The van der Waals surface area contributed by atoms with Crippen molar-refractivity contribution in [1.29, 1.82) is 0 Å². The number of benzene rings is 2. The predicted octanol–water partition coefficient (Wildman–Crippen LogP) is 3.91. The molecule has 0 heterocycles. The zero-order valence-electron chi connectivity index (χ0n) is 9.79. The lowest BCUT2D eigenvalue weighted by atomic mass is 10.1. The van der Waals surface area contributed by atoms with Crippen LogP contribution in [0.2, 0.25) is 0 Å². The van der Waals surface area contributed by atoms with Crippen LogP contribution >= 0.6 is 15.9 Å². The summed E-state index contributed by atoms with van der Waals surface area (Å²) in [7, 11) is 0. The summed E-state index contributed by atoms with van der Waals surface area (Å²) >= 11 is 3.29. The number of carbonyl (C=O) groups excluding carboxylic acids is 1. The van der Waals surface area contributed by atoms with Crippen molar-refractivity contribution in [2.75, 3.05) is 5.32 Å². The van der Waals surface area contributed by atoms with Crippen LogP contribution in [-0.2, 0) is 11.2 Å². The lowest BCUT2D eigenvalue weighted by Gasteiger charge is -2.07. The maximum atomic E-state index is 13.4. The summed E-state index contributed by atoms with van der Waals surface area (Å²) in [5, 5.41) is 2.24. The average Bonchev–Trinajstić information content (AvgIpc) is 2.34. The van der Waals surface area contributed by atoms with Gasteiger partial charge in [0, 0.05) is 4.47 Å². The molecule has 1 N–H and O–H groups in total. The fourth-order valence-corrected chi connectivity index (χ4v) is 2.08. The van der Waals surface area contributed by atoms with Gasteiger partial charge in [-0.15, -0.1) is 0 Å². The summed E-state index contributed by atoms with van der Waals surface area (Å²) < 4.78 is 27.5. The summed E-state index contributed by atoms with van der Waals surface area (Å²) in [6.45, 7) is 0. The topological polar surface area (TPSA) is 29.1 Å². The minimum Gasteiger partial charge on any atom is -0.321 e. The highest BCUT2D eigenvalue weighted by molar-refractivity contribution is 9.10. The molecule has 0 aromatic heterocycles. The van der Waals surface area contributed by atoms with Crippen LogP contribution in [0.15, 0.2) is 46.9 Å². The number of halogens is 3. The summed E-state index contributed by atoms with van der Waals surface area (Å²) in [6, 6.07) is 10.6. The summed E-state index contributed by atoms with van der Waals surface area (Å²) in [5.41, 5.74) is 0.339. The Kier molecular flexibility index (Phi) is 4.27. The van der Waals surface area contributed by atoms with Crippen molar-refractivity contribution in [3.8, 4) is 0 Å². The van der Waals surface area contributed by atoms with Gasteiger partial charge in [-0.2, -0.15) is 0 Å². The fourth-order valence-electron chi connectivity index (χ4n) is 1.63. The van der Waals surface area contributed by atoms with E-state index in [9.17, 15) is 13.6 Å². The molecule has 0 bridgehead atoms. The van der Waals surface area contributed by atoms with Gasteiger partial charge in [0.15, 0.2) is 0 Å². The first kappa shape index (κ1) is 13.7. The van der Waals surface area contributed by atoms with Crippen LogP contribution in [0.1, 0.15) is 5.56 Å². The Labute approximate surface area is 117 Å². The Bertz CT molecular complexity index is 596. The number of rotatable bonds is 3. The molecule has 0 radical (unpaired) electrons. The van der Waals surface area contributed by atoms with Crippen molar-refractivity contribution < 1.29 is 13.6 Å². The van der Waals surface area contributed by atoms with Crippen LogP contribution in [0.3, 0.4) is 0 Å². The molecule has 0 saturated carbocycles. The van der Waals surface area contributed by atoms with Crippen LogP contribution in [0.4, 0.5) is 14.5 Å². The highest BCUT2D eigenvalue weighted by atomic mass is 79.9. The maximum Gasteiger partial charge on any atom is 0.228 e. The zero-order chi connectivity index (χ0) is 13.8. The van der Waals surface area contributed by atoms with E-state index in [0.717, 1.165) is 22.2 Å². The highest BCUT2D eigenvalue weighted by Gasteiger charge is 2.12. The first-order chi connectivity index (χ1) is 9.06. The van der Waals surface area contributed by atoms with E-state index in [1.807, 2.05) is 6.07 Å². The van der Waals surface area contributed by atoms with Crippen molar-refractivity contribution >= 4 is 27.5 Å². The molecule has 0 saturated heterocycles. The molecule has 2 aromatic carbocycles. The van der Waals surface area contributed by atoms with Crippen molar-refractivity contribution in [2.45, 2.75) is 6.42 Å². The van der Waals surface area contributed by atoms with Crippen molar-refractivity contribution in [2.24, 2.45) is 0 Å². The minimum atomic E-state index is -0.789. The second-order valence-electron chi connectivity index (χ2n) is 3.95. The Morgan fingerprint density at radius 2 is 1.74 bits per heavy atom. The molecule has 5 heteroatoms. The summed E-state index contributed by atoms with van der Waals surface area (Å²) in [4.78, 5) is 11.7. The average molecular weight is 326 g/mol. The number of para-hydroxylation sites is 1. The lowest BCUT2D eigenvalue weighted by molar-refractivity contribution is -0.115. The number of hydrogen-bond donors (Lipinski definition) is 1. The normalized spacial score (nSPS) is 10.3. The van der Waals surface area contributed by atoms with E-state index in [1.165, 1.54) is 6.07 Å². The molecular formula is C14H10BrF2NO. The number of carbonyl (C=O) groups is 1. The standard InChI is InChI=1S/C14H10BrF2NO/c15-10-4-1-3-9(7-10)8-13(19)18-14-11(16)5-2-6-12(14)17/h1-7H,8H2,(H,18,19). The molecular weight excluding hydrogens is 316 g/mol. The van der Waals surface area contributed by atoms with E-state index in [2.05, 4.69) is 21.2 Å². The minimum absolute atomic E-state index is 0.0488. The molecule has 0 spiro atoms. The molecule has 1 amide bonds. The van der Waals surface area contributed by atoms with E-state index in [-0.39, 0.29) is 6.42 Å². The van der Waals surface area contributed by atoms with Crippen LogP contribution in [0.5, 0.6) is 0 Å². The van der Waals surface area contributed by atoms with Gasteiger partial charge in [0.1, 0.15) is 17.3 Å². The third-order valence-electron chi connectivity index (χ3n) is 2.48. The molecule has 0 unspecified atom stereocenters. The first-order valence-electron chi connectivity index (χ1n) is 5.54. The molecule has 98 valence electrons. The fraction of sp³-hybridized carbons (Fsp3) is 0.0714. The lowest BCUT2D eigenvalue weighted by Crippen LogP contribution is -2.16. The highest BCUT2D eigenvalue weighted by Crippen LogP contribution is 2.18. The molecule has 0 fully saturated rings. The molecule has 2 aromatic rings. The molecule has 19 heavy (non-hydrogen) atoms. The van der Waals surface area contributed by atoms with E-state index in [4.69, 9.17) is 0 Å². The van der Waals surface area contributed by atoms with Gasteiger partial charge < -0.3 is 5.32 Å². The number of nitrogens with one attached hydrogen (secondary N) is 1. The Hall–Kier alpha value is -1.75. The second-order valence-corrected chi connectivity index (χ2v) is 4.87. The third kappa shape index (κ3) is 3.61. The summed E-state index contributed by atoms with van der Waals surface area (Å²) in [6.07, 6.45) is 0.0488. The smallest absolute Gasteiger partial charge is 0.228 e. The number of hydrogen-bond acceptors (Lipinski definition) is 1. The van der Waals surface area contributed by atoms with Gasteiger partial charge in [-0.25, -0.2) is 8.78 Å². The van der Waals surface area contributed by atoms with Gasteiger partial charge in [-0.1, -0.05) is 34.1 Å². The van der Waals surface area contributed by atoms with Gasteiger partial charge in [0.25, 0.3) is 0 Å². The van der Waals surface area contributed by atoms with Gasteiger partial charge >= 0.3 is 0 Å². The van der Waals surface area contributed by atoms with Gasteiger partial charge in [-0.05, 0) is 29.8 Å². The van der Waals surface area contributed by atoms with E-state index in [1.54, 1.807) is 18.2 Å². The molecule has 0 aliphatic heterocycles. The maximum absolute atomic E-state index is 13.4. The largest absolute Gasteiger partial charge is 0.321 e. The van der Waals surface area contributed by atoms with E-state index < -0.39 is 23.2 Å². The third-order valence-corrected chi connectivity index (χ3v) is 2.97. The van der Waals surface area contributed by atoms with Crippen LogP contribution in [0, 0.1) is 11.6 Å². The van der Waals surface area contributed by atoms with Crippen molar-refractivity contribution in [3.05, 3.63) is 64.1 Å². The van der Waals surface area contributed by atoms with Gasteiger partial charge in [0.05, 0.1) is 6.42 Å². The monoisotopic (exact) mass is 325 g/mol. The Morgan fingerprint density at radius 3 is 2.37 bits per heavy atom. The summed E-state index contributed by atoms with van der Waals surface area (Å²) in [5.74, 6) is -2.05. The molecule has 0 aliphatic carbocycles. The van der Waals surface area contributed by atoms with Crippen LogP contribution < -0.4 is 5.32 Å². The number of anilines is 1. The molecule has 0 aliphatic rings. The molecule has 0 atom stereocenters. The van der Waals surface area contributed by atoms with Gasteiger partial charge in [0.2, 0.25) is 5.91 Å². The first-order valence-corrected chi connectivity index (χ1v) is 6.34. The SMILES string of the molecule is O=C(Cc1cccc(Br)c1)Nc1c(F)cccc1F. The Balaban J connectivity index is 2.10. The zero-order valence-corrected chi connectivity index (χ0v) is 11.4. The number of amides is 1. The predicted molar refractivity (Wildman–Crippen MR) is 72.8 cm³/mol. The second kappa shape index (κ2) is 5.93. The molecule has 2 nitrogen and oxygen atoms in total. The quantitative estimate of drug-likeness (QED) is 0.910.